The quantitative estimate of drug-likeness (QED) is 0.815. The summed E-state index contributed by atoms with van der Waals surface area (Å²) in [7, 11) is 0. The molecule has 3 N–H and O–H groups in total. The van der Waals surface area contributed by atoms with Gasteiger partial charge in [0.2, 0.25) is 5.91 Å². The normalized spacial score (nSPS) is 13.6. The van der Waals surface area contributed by atoms with E-state index >= 15 is 0 Å². The van der Waals surface area contributed by atoms with Crippen molar-refractivity contribution < 1.29 is 14.7 Å². The van der Waals surface area contributed by atoms with Gasteiger partial charge in [0.1, 0.15) is 0 Å². The average molecular weight is 264 g/mol. The zero-order valence-corrected chi connectivity index (χ0v) is 11.2. The van der Waals surface area contributed by atoms with Crippen LogP contribution in [0.15, 0.2) is 30.3 Å². The van der Waals surface area contributed by atoms with Crippen molar-refractivity contribution in [2.24, 2.45) is 11.7 Å². The van der Waals surface area contributed by atoms with Gasteiger partial charge in [0.25, 0.3) is 0 Å². The van der Waals surface area contributed by atoms with E-state index in [-0.39, 0.29) is 30.8 Å². The van der Waals surface area contributed by atoms with E-state index in [1.54, 1.807) is 26.0 Å². The van der Waals surface area contributed by atoms with Gasteiger partial charge in [0.15, 0.2) is 0 Å². The molecule has 0 heterocycles. The maximum absolute atomic E-state index is 12.4. The number of carbonyl (C=O) groups is 2. The van der Waals surface area contributed by atoms with Gasteiger partial charge in [-0.3, -0.25) is 9.59 Å². The number of nitrogens with zero attached hydrogens (tertiary/aromatic N) is 1. The molecule has 1 amide bonds. The van der Waals surface area contributed by atoms with Gasteiger partial charge in [-0.1, -0.05) is 25.1 Å². The summed E-state index contributed by atoms with van der Waals surface area (Å²) in [6.45, 7) is 3.67. The Balaban J connectivity index is 2.92. The molecular weight excluding hydrogens is 244 g/mol. The lowest BCUT2D eigenvalue weighted by Crippen LogP contribution is -2.42. The molecule has 1 aromatic rings. The average Bonchev–Trinajstić information content (AvgIpc) is 2.38. The monoisotopic (exact) mass is 264 g/mol. The van der Waals surface area contributed by atoms with Crippen LogP contribution >= 0.6 is 0 Å². The Morgan fingerprint density at radius 3 is 2.32 bits per heavy atom. The molecule has 0 fully saturated rings. The van der Waals surface area contributed by atoms with Crippen LogP contribution in [-0.2, 0) is 9.59 Å². The van der Waals surface area contributed by atoms with Crippen LogP contribution in [0.3, 0.4) is 0 Å². The molecule has 0 spiro atoms. The summed E-state index contributed by atoms with van der Waals surface area (Å²) < 4.78 is 0. The summed E-state index contributed by atoms with van der Waals surface area (Å²) in [4.78, 5) is 24.5. The predicted molar refractivity (Wildman–Crippen MR) is 73.9 cm³/mol. The van der Waals surface area contributed by atoms with Gasteiger partial charge in [-0.2, -0.15) is 0 Å². The van der Waals surface area contributed by atoms with Gasteiger partial charge >= 0.3 is 5.97 Å². The van der Waals surface area contributed by atoms with Crippen LogP contribution in [0.25, 0.3) is 0 Å². The number of benzene rings is 1. The lowest BCUT2D eigenvalue weighted by Gasteiger charge is -2.27. The van der Waals surface area contributed by atoms with E-state index in [4.69, 9.17) is 10.8 Å². The fourth-order valence-corrected chi connectivity index (χ4v) is 1.65. The maximum Gasteiger partial charge on any atom is 0.305 e. The molecule has 2 unspecified atom stereocenters. The Bertz CT molecular complexity index is 432. The zero-order chi connectivity index (χ0) is 14.4. The standard InChI is InChI=1S/C14H20N2O3/c1-10(11(2)15)14(19)16(9-8-13(17)18)12-6-4-3-5-7-12/h3-7,10-11H,8-9,15H2,1-2H3,(H,17,18). The summed E-state index contributed by atoms with van der Waals surface area (Å²) in [6.07, 6.45) is -0.0910. The van der Waals surface area contributed by atoms with Crippen LogP contribution in [-0.4, -0.2) is 29.6 Å². The highest BCUT2D eigenvalue weighted by atomic mass is 16.4. The number of hydrogen-bond acceptors (Lipinski definition) is 3. The number of carboxylic acid groups (broad SMARTS) is 1. The Kier molecular flexibility index (Phi) is 5.51. The zero-order valence-electron chi connectivity index (χ0n) is 11.2. The number of anilines is 1. The number of aliphatic carboxylic acids is 1. The SMILES string of the molecule is CC(N)C(C)C(=O)N(CCC(=O)O)c1ccccc1. The highest BCUT2D eigenvalue weighted by molar-refractivity contribution is 5.95. The lowest BCUT2D eigenvalue weighted by molar-refractivity contribution is -0.136. The summed E-state index contributed by atoms with van der Waals surface area (Å²) in [5, 5.41) is 8.78. The molecule has 5 nitrogen and oxygen atoms in total. The molecule has 0 bridgehead atoms. The van der Waals surface area contributed by atoms with Crippen molar-refractivity contribution in [2.45, 2.75) is 26.3 Å². The van der Waals surface area contributed by atoms with Crippen molar-refractivity contribution in [1.29, 1.82) is 0 Å². The highest BCUT2D eigenvalue weighted by Crippen LogP contribution is 2.17. The van der Waals surface area contributed by atoms with E-state index in [2.05, 4.69) is 0 Å². The van der Waals surface area contributed by atoms with Crippen molar-refractivity contribution in [1.82, 2.24) is 0 Å². The molecule has 0 radical (unpaired) electrons. The minimum Gasteiger partial charge on any atom is -0.481 e. The number of hydrogen-bond donors (Lipinski definition) is 2. The van der Waals surface area contributed by atoms with Crippen molar-refractivity contribution in [3.8, 4) is 0 Å². The topological polar surface area (TPSA) is 83.6 Å². The first-order valence-electron chi connectivity index (χ1n) is 6.27. The molecule has 0 saturated carbocycles. The third kappa shape index (κ3) is 4.37. The summed E-state index contributed by atoms with van der Waals surface area (Å²) in [5.74, 6) is -1.43. The molecule has 2 atom stereocenters. The minimum absolute atomic E-state index is 0.0910. The molecule has 0 aliphatic carbocycles. The Morgan fingerprint density at radius 1 is 1.26 bits per heavy atom. The number of para-hydroxylation sites is 1. The largest absolute Gasteiger partial charge is 0.481 e. The van der Waals surface area contributed by atoms with Crippen molar-refractivity contribution >= 4 is 17.6 Å². The first-order chi connectivity index (χ1) is 8.93. The molecule has 0 saturated heterocycles. The van der Waals surface area contributed by atoms with Gasteiger partial charge in [-0.05, 0) is 19.1 Å². The fraction of sp³-hybridized carbons (Fsp3) is 0.429. The minimum atomic E-state index is -0.929. The first-order valence-corrected chi connectivity index (χ1v) is 6.27. The molecule has 19 heavy (non-hydrogen) atoms. The van der Waals surface area contributed by atoms with E-state index in [0.29, 0.717) is 5.69 Å². The van der Waals surface area contributed by atoms with Crippen LogP contribution in [0.2, 0.25) is 0 Å². The number of carbonyl (C=O) groups excluding carboxylic acids is 1. The number of carboxylic acids is 1. The van der Waals surface area contributed by atoms with E-state index in [9.17, 15) is 9.59 Å². The Hall–Kier alpha value is -1.88. The molecule has 104 valence electrons. The predicted octanol–water partition coefficient (Wildman–Crippen LogP) is 1.48. The van der Waals surface area contributed by atoms with Crippen LogP contribution in [0.4, 0.5) is 5.69 Å². The lowest BCUT2D eigenvalue weighted by atomic mass is 10.0. The fourth-order valence-electron chi connectivity index (χ4n) is 1.65. The number of nitrogens with two attached hydrogens (primary N) is 1. The van der Waals surface area contributed by atoms with Crippen LogP contribution in [0, 0.1) is 5.92 Å². The molecular formula is C14H20N2O3. The van der Waals surface area contributed by atoms with Crippen molar-refractivity contribution in [3.05, 3.63) is 30.3 Å². The second-order valence-electron chi connectivity index (χ2n) is 4.62. The van der Waals surface area contributed by atoms with Gasteiger partial charge in [0, 0.05) is 18.3 Å². The second-order valence-corrected chi connectivity index (χ2v) is 4.62. The molecule has 1 aromatic carbocycles. The van der Waals surface area contributed by atoms with Crippen LogP contribution < -0.4 is 10.6 Å². The summed E-state index contributed by atoms with van der Waals surface area (Å²) >= 11 is 0. The third-order valence-corrected chi connectivity index (χ3v) is 3.06. The molecule has 1 rings (SSSR count). The van der Waals surface area contributed by atoms with Gasteiger partial charge in [-0.15, -0.1) is 0 Å². The first kappa shape index (κ1) is 15.2. The Labute approximate surface area is 113 Å². The van der Waals surface area contributed by atoms with Gasteiger partial charge in [0.05, 0.1) is 12.3 Å². The molecule has 5 heteroatoms. The molecule has 0 aromatic heterocycles. The molecule has 0 aliphatic heterocycles. The van der Waals surface area contributed by atoms with Crippen molar-refractivity contribution in [3.63, 3.8) is 0 Å². The van der Waals surface area contributed by atoms with Crippen LogP contribution in [0.5, 0.6) is 0 Å². The summed E-state index contributed by atoms with van der Waals surface area (Å²) in [6, 6.07) is 8.77. The van der Waals surface area contributed by atoms with E-state index in [0.717, 1.165) is 0 Å². The smallest absolute Gasteiger partial charge is 0.305 e. The highest BCUT2D eigenvalue weighted by Gasteiger charge is 2.24. The summed E-state index contributed by atoms with van der Waals surface area (Å²) in [5.41, 5.74) is 6.44. The molecule has 0 aliphatic rings. The van der Waals surface area contributed by atoms with E-state index in [1.807, 2.05) is 18.2 Å². The number of rotatable bonds is 6. The van der Waals surface area contributed by atoms with E-state index < -0.39 is 5.97 Å². The second kappa shape index (κ2) is 6.89. The van der Waals surface area contributed by atoms with E-state index in [1.165, 1.54) is 4.90 Å². The van der Waals surface area contributed by atoms with Crippen molar-refractivity contribution in [2.75, 3.05) is 11.4 Å². The number of amides is 1. The maximum atomic E-state index is 12.4. The van der Waals surface area contributed by atoms with Crippen LogP contribution in [0.1, 0.15) is 20.3 Å². The van der Waals surface area contributed by atoms with Gasteiger partial charge in [-0.25, -0.2) is 0 Å². The Morgan fingerprint density at radius 2 is 1.84 bits per heavy atom. The third-order valence-electron chi connectivity index (χ3n) is 3.06. The van der Waals surface area contributed by atoms with Gasteiger partial charge < -0.3 is 15.7 Å².